The zero-order chi connectivity index (χ0) is 11.3. The van der Waals surface area contributed by atoms with Gasteiger partial charge in [-0.15, -0.1) is 0 Å². The Kier molecular flexibility index (Phi) is 3.41. The topological polar surface area (TPSA) is 80.6 Å². The molecule has 0 atom stereocenters. The number of rotatable bonds is 2. The third-order valence-corrected chi connectivity index (χ3v) is 1.91. The van der Waals surface area contributed by atoms with Crippen LogP contribution in [0.5, 0.6) is 0 Å². The van der Waals surface area contributed by atoms with Crippen LogP contribution in [0.15, 0.2) is 12.1 Å². The predicted octanol–water partition coefficient (Wildman–Crippen LogP) is 1.45. The molecule has 15 heavy (non-hydrogen) atoms. The lowest BCUT2D eigenvalue weighted by atomic mass is 10.00. The maximum absolute atomic E-state index is 8.86. The lowest BCUT2D eigenvalue weighted by Crippen LogP contribution is -1.98. The second kappa shape index (κ2) is 4.77. The summed E-state index contributed by atoms with van der Waals surface area (Å²) in [7, 11) is 1.49. The monoisotopic (exact) mass is 197 g/mol. The molecule has 72 valence electrons. The highest BCUT2D eigenvalue weighted by atomic mass is 16.5. The van der Waals surface area contributed by atoms with Crippen LogP contribution in [0.25, 0.3) is 0 Å². The summed E-state index contributed by atoms with van der Waals surface area (Å²) in [6.45, 7) is 0.192. The molecule has 0 fully saturated rings. The fourth-order valence-electron chi connectivity index (χ4n) is 1.24. The molecule has 0 aliphatic heterocycles. The molecule has 4 nitrogen and oxygen atoms in total. The number of nitriles is 3. The molecule has 1 aromatic rings. The molecule has 0 aromatic heterocycles. The fourth-order valence-corrected chi connectivity index (χ4v) is 1.24. The van der Waals surface area contributed by atoms with Crippen molar-refractivity contribution in [2.45, 2.75) is 6.61 Å². The van der Waals surface area contributed by atoms with Gasteiger partial charge in [0.1, 0.15) is 0 Å². The molecule has 0 spiro atoms. The molecule has 0 aliphatic rings. The van der Waals surface area contributed by atoms with E-state index in [4.69, 9.17) is 20.5 Å². The average Bonchev–Trinajstić information content (AvgIpc) is 2.29. The summed E-state index contributed by atoms with van der Waals surface area (Å²) in [6, 6.07) is 8.70. The lowest BCUT2D eigenvalue weighted by molar-refractivity contribution is 0.184. The van der Waals surface area contributed by atoms with Crippen LogP contribution in [0.3, 0.4) is 0 Å². The van der Waals surface area contributed by atoms with E-state index >= 15 is 0 Å². The average molecular weight is 197 g/mol. The number of hydrogen-bond donors (Lipinski definition) is 0. The van der Waals surface area contributed by atoms with Crippen LogP contribution in [0, 0.1) is 34.0 Å². The number of nitrogens with zero attached hydrogens (tertiary/aromatic N) is 3. The Bertz CT molecular complexity index is 465. The Morgan fingerprint density at radius 3 is 1.93 bits per heavy atom. The number of methoxy groups -OCH3 is 1. The van der Waals surface area contributed by atoms with Crippen LogP contribution in [0.4, 0.5) is 0 Å². The first-order valence-electron chi connectivity index (χ1n) is 4.13. The second-order valence-corrected chi connectivity index (χ2v) is 2.82. The minimum absolute atomic E-state index is 0.192. The first-order valence-corrected chi connectivity index (χ1v) is 4.13. The van der Waals surface area contributed by atoms with E-state index in [0.717, 1.165) is 0 Å². The molecule has 0 amide bonds. The molecule has 0 saturated carbocycles. The molecule has 0 radical (unpaired) electrons. The van der Waals surface area contributed by atoms with E-state index in [1.165, 1.54) is 19.2 Å². The Labute approximate surface area is 87.5 Å². The van der Waals surface area contributed by atoms with E-state index in [-0.39, 0.29) is 6.61 Å². The van der Waals surface area contributed by atoms with Crippen molar-refractivity contribution in [3.8, 4) is 18.2 Å². The number of hydrogen-bond acceptors (Lipinski definition) is 4. The van der Waals surface area contributed by atoms with Gasteiger partial charge in [0.15, 0.2) is 0 Å². The highest BCUT2D eigenvalue weighted by molar-refractivity contribution is 5.53. The first-order chi connectivity index (χ1) is 7.26. The summed E-state index contributed by atoms with van der Waals surface area (Å²) in [6.07, 6.45) is 0. The van der Waals surface area contributed by atoms with E-state index < -0.39 is 0 Å². The maximum Gasteiger partial charge on any atom is 0.0996 e. The third-order valence-electron chi connectivity index (χ3n) is 1.91. The molecule has 1 rings (SSSR count). The van der Waals surface area contributed by atoms with Gasteiger partial charge in [0.2, 0.25) is 0 Å². The van der Waals surface area contributed by atoms with Gasteiger partial charge in [-0.1, -0.05) is 0 Å². The standard InChI is InChI=1S/C11H7N3O/c1-15-7-11-9(5-13)2-8(4-12)3-10(11)6-14/h2-3H,7H2,1H3. The molecule has 1 aromatic carbocycles. The molecule has 0 bridgehead atoms. The van der Waals surface area contributed by atoms with Crippen molar-refractivity contribution in [2.75, 3.05) is 7.11 Å². The zero-order valence-corrected chi connectivity index (χ0v) is 8.11. The molecule has 0 unspecified atom stereocenters. The Balaban J connectivity index is 3.44. The molecule has 0 aliphatic carbocycles. The number of ether oxygens (including phenoxy) is 1. The van der Waals surface area contributed by atoms with Crippen molar-refractivity contribution >= 4 is 0 Å². The third kappa shape index (κ3) is 2.11. The van der Waals surface area contributed by atoms with Crippen molar-refractivity contribution in [2.24, 2.45) is 0 Å². The quantitative estimate of drug-likeness (QED) is 0.718. The van der Waals surface area contributed by atoms with Gasteiger partial charge in [0.05, 0.1) is 41.5 Å². The van der Waals surface area contributed by atoms with Gasteiger partial charge in [-0.05, 0) is 12.1 Å². The van der Waals surface area contributed by atoms with E-state index in [1.54, 1.807) is 0 Å². The first kappa shape index (κ1) is 10.7. The zero-order valence-electron chi connectivity index (χ0n) is 8.11. The summed E-state index contributed by atoms with van der Waals surface area (Å²) in [4.78, 5) is 0. The van der Waals surface area contributed by atoms with Crippen LogP contribution in [0.1, 0.15) is 22.3 Å². The Morgan fingerprint density at radius 1 is 1.07 bits per heavy atom. The fraction of sp³-hybridized carbons (Fsp3) is 0.182. The van der Waals surface area contributed by atoms with E-state index in [2.05, 4.69) is 0 Å². The van der Waals surface area contributed by atoms with Crippen LogP contribution in [-0.4, -0.2) is 7.11 Å². The predicted molar refractivity (Wildman–Crippen MR) is 51.3 cm³/mol. The van der Waals surface area contributed by atoms with E-state index in [1.807, 2.05) is 18.2 Å². The maximum atomic E-state index is 8.86. The number of benzene rings is 1. The van der Waals surface area contributed by atoms with Gasteiger partial charge in [-0.2, -0.15) is 15.8 Å². The molecular formula is C11H7N3O. The SMILES string of the molecule is COCc1c(C#N)cc(C#N)cc1C#N. The largest absolute Gasteiger partial charge is 0.380 e. The summed E-state index contributed by atoms with van der Waals surface area (Å²) in [5.41, 5.74) is 1.46. The van der Waals surface area contributed by atoms with Crippen molar-refractivity contribution in [1.82, 2.24) is 0 Å². The summed E-state index contributed by atoms with van der Waals surface area (Å²) in [5.74, 6) is 0. The molecule has 0 heterocycles. The van der Waals surface area contributed by atoms with Crippen molar-refractivity contribution < 1.29 is 4.74 Å². The minimum atomic E-state index is 0.192. The summed E-state index contributed by atoms with van der Waals surface area (Å²) in [5, 5.41) is 26.4. The van der Waals surface area contributed by atoms with Crippen LogP contribution in [0.2, 0.25) is 0 Å². The van der Waals surface area contributed by atoms with E-state index in [0.29, 0.717) is 22.3 Å². The molecule has 0 N–H and O–H groups in total. The molecule has 0 saturated heterocycles. The van der Waals surface area contributed by atoms with Gasteiger partial charge in [-0.25, -0.2) is 0 Å². The normalized spacial score (nSPS) is 8.67. The van der Waals surface area contributed by atoms with Gasteiger partial charge < -0.3 is 4.74 Å². The molecule has 4 heteroatoms. The Morgan fingerprint density at radius 2 is 1.60 bits per heavy atom. The van der Waals surface area contributed by atoms with Crippen molar-refractivity contribution in [3.63, 3.8) is 0 Å². The minimum Gasteiger partial charge on any atom is -0.380 e. The highest BCUT2D eigenvalue weighted by Crippen LogP contribution is 2.17. The van der Waals surface area contributed by atoms with E-state index in [9.17, 15) is 0 Å². The summed E-state index contributed by atoms with van der Waals surface area (Å²) >= 11 is 0. The van der Waals surface area contributed by atoms with Gasteiger partial charge in [-0.3, -0.25) is 0 Å². The van der Waals surface area contributed by atoms with Crippen LogP contribution in [-0.2, 0) is 11.3 Å². The van der Waals surface area contributed by atoms with Crippen LogP contribution >= 0.6 is 0 Å². The lowest BCUT2D eigenvalue weighted by Gasteiger charge is -2.05. The van der Waals surface area contributed by atoms with Gasteiger partial charge in [0.25, 0.3) is 0 Å². The van der Waals surface area contributed by atoms with Crippen molar-refractivity contribution in [3.05, 3.63) is 34.4 Å². The van der Waals surface area contributed by atoms with Gasteiger partial charge >= 0.3 is 0 Å². The highest BCUT2D eigenvalue weighted by Gasteiger charge is 2.10. The second-order valence-electron chi connectivity index (χ2n) is 2.82. The molecular weight excluding hydrogens is 190 g/mol. The van der Waals surface area contributed by atoms with Crippen molar-refractivity contribution in [1.29, 1.82) is 15.8 Å². The summed E-state index contributed by atoms with van der Waals surface area (Å²) < 4.78 is 4.90. The smallest absolute Gasteiger partial charge is 0.0996 e. The van der Waals surface area contributed by atoms with Gasteiger partial charge in [0, 0.05) is 12.7 Å². The van der Waals surface area contributed by atoms with Crippen LogP contribution < -0.4 is 0 Å². The Hall–Kier alpha value is -2.35.